The molecule has 0 bridgehead atoms. The molecule has 0 spiro atoms. The highest BCUT2D eigenvalue weighted by atomic mass is 32.2. The molecule has 0 amide bonds. The van der Waals surface area contributed by atoms with Gasteiger partial charge < -0.3 is 28.9 Å². The molecule has 1 aliphatic heterocycles. The first-order chi connectivity index (χ1) is 19.3. The van der Waals surface area contributed by atoms with Crippen molar-refractivity contribution < 1.29 is 27.5 Å². The molecule has 2 fully saturated rings. The first kappa shape index (κ1) is 27.6. The number of fused-ring (bicyclic) bond motifs is 3. The summed E-state index contributed by atoms with van der Waals surface area (Å²) in [4.78, 5) is 28.9. The highest BCUT2D eigenvalue weighted by Gasteiger charge is 2.37. The maximum absolute atomic E-state index is 13.0. The van der Waals surface area contributed by atoms with Crippen LogP contribution in [0.2, 0.25) is 0 Å². The lowest BCUT2D eigenvalue weighted by Crippen LogP contribution is -2.37. The maximum Gasteiger partial charge on any atom is 0.327 e. The lowest BCUT2D eigenvalue weighted by molar-refractivity contribution is 0.0864. The first-order valence-electron chi connectivity index (χ1n) is 13.7. The molecule has 2 aromatic carbocycles. The Labute approximate surface area is 235 Å². The van der Waals surface area contributed by atoms with E-state index in [0.717, 1.165) is 96.1 Å². The molecule has 0 radical (unpaired) electrons. The minimum atomic E-state index is -3.30. The number of aryl methyl sites for hydroxylation is 1. The monoisotopic (exact) mass is 583 g/mol. The van der Waals surface area contributed by atoms with E-state index in [2.05, 4.69) is 20.9 Å². The van der Waals surface area contributed by atoms with Crippen molar-refractivity contribution in [2.75, 3.05) is 26.2 Å². The quantitative estimate of drug-likeness (QED) is 0.174. The molecule has 4 aromatic rings. The van der Waals surface area contributed by atoms with Crippen LogP contribution in [0.25, 0.3) is 33.1 Å². The molecule has 212 valence electrons. The number of piperidine rings is 1. The SMILES string of the molecule is Cc1cnc2[nH]c3c(OCCCN4CCC(OP(O)O)CC4)ccc(-c4cccc(S(=O)(=O)C5CC5)c4)c3c2c1. The molecule has 2 aromatic heterocycles. The van der Waals surface area contributed by atoms with Gasteiger partial charge in [0.15, 0.2) is 9.84 Å². The van der Waals surface area contributed by atoms with Crippen LogP contribution in [0.5, 0.6) is 5.75 Å². The van der Waals surface area contributed by atoms with E-state index in [0.29, 0.717) is 11.5 Å². The van der Waals surface area contributed by atoms with Gasteiger partial charge in [-0.3, -0.25) is 0 Å². The molecule has 9 nitrogen and oxygen atoms in total. The average Bonchev–Trinajstić information content (AvgIpc) is 3.74. The van der Waals surface area contributed by atoms with Gasteiger partial charge in [0, 0.05) is 36.6 Å². The number of aromatic nitrogens is 2. The number of nitrogens with one attached hydrogen (secondary N) is 1. The van der Waals surface area contributed by atoms with Crippen LogP contribution in [0.1, 0.15) is 37.7 Å². The Balaban J connectivity index is 1.23. The van der Waals surface area contributed by atoms with E-state index in [1.165, 1.54) is 0 Å². The zero-order chi connectivity index (χ0) is 27.9. The largest absolute Gasteiger partial charge is 0.491 e. The summed E-state index contributed by atoms with van der Waals surface area (Å²) in [6.07, 6.45) is 5.63. The van der Waals surface area contributed by atoms with Crippen LogP contribution in [0, 0.1) is 6.92 Å². The van der Waals surface area contributed by atoms with Gasteiger partial charge in [0.05, 0.1) is 28.4 Å². The lowest BCUT2D eigenvalue weighted by Gasteiger charge is -2.31. The van der Waals surface area contributed by atoms with E-state index in [-0.39, 0.29) is 11.4 Å². The Kier molecular flexibility index (Phi) is 7.83. The van der Waals surface area contributed by atoms with Gasteiger partial charge in [-0.05, 0) is 86.1 Å². The van der Waals surface area contributed by atoms with Crippen LogP contribution in [0.15, 0.2) is 53.6 Å². The van der Waals surface area contributed by atoms with E-state index < -0.39 is 18.4 Å². The number of H-pyrrole nitrogens is 1. The number of benzene rings is 2. The van der Waals surface area contributed by atoms with Crippen LogP contribution in [0.3, 0.4) is 0 Å². The summed E-state index contributed by atoms with van der Waals surface area (Å²) in [5.41, 5.74) is 4.44. The van der Waals surface area contributed by atoms with Crippen LogP contribution >= 0.6 is 8.60 Å². The normalized spacial score (nSPS) is 17.3. The number of rotatable bonds is 10. The summed E-state index contributed by atoms with van der Waals surface area (Å²) in [5, 5.41) is 1.69. The second kappa shape index (κ2) is 11.4. The topological polar surface area (TPSA) is 125 Å². The van der Waals surface area contributed by atoms with Gasteiger partial charge in [-0.25, -0.2) is 13.4 Å². The minimum absolute atomic E-state index is 0.0887. The Hall–Kier alpha value is -2.59. The van der Waals surface area contributed by atoms with Gasteiger partial charge in [-0.15, -0.1) is 0 Å². The first-order valence-corrected chi connectivity index (χ1v) is 16.5. The predicted molar refractivity (Wildman–Crippen MR) is 156 cm³/mol. The third kappa shape index (κ3) is 5.75. The highest BCUT2D eigenvalue weighted by Crippen LogP contribution is 2.41. The van der Waals surface area contributed by atoms with Crippen molar-refractivity contribution in [3.05, 3.63) is 54.2 Å². The zero-order valence-corrected chi connectivity index (χ0v) is 24.1. The standard InChI is InChI=1S/C29H34N3O6PS/c1-19-16-25-27-24(20-4-2-5-23(17-20)40(35,36)22-6-7-22)8-9-26(28(27)31-29(25)30-18-19)37-15-3-12-32-13-10-21(11-14-32)38-39(33)34/h2,4-5,8-9,16-18,21-22,33-34H,3,6-7,10-15H2,1H3,(H,30,31). The summed E-state index contributed by atoms with van der Waals surface area (Å²) in [6.45, 7) is 5.15. The molecule has 0 atom stereocenters. The Morgan fingerprint density at radius 1 is 1.10 bits per heavy atom. The Morgan fingerprint density at radius 3 is 2.65 bits per heavy atom. The summed E-state index contributed by atoms with van der Waals surface area (Å²) in [5.74, 6) is 0.738. The summed E-state index contributed by atoms with van der Waals surface area (Å²) >= 11 is 0. The maximum atomic E-state index is 13.0. The van der Waals surface area contributed by atoms with E-state index in [1.807, 2.05) is 37.4 Å². The fraction of sp³-hybridized carbons (Fsp3) is 0.414. The van der Waals surface area contributed by atoms with Crippen LogP contribution < -0.4 is 4.74 Å². The van der Waals surface area contributed by atoms with Gasteiger partial charge >= 0.3 is 8.60 Å². The minimum Gasteiger partial charge on any atom is -0.491 e. The van der Waals surface area contributed by atoms with Gasteiger partial charge in [0.1, 0.15) is 11.4 Å². The molecule has 40 heavy (non-hydrogen) atoms. The van der Waals surface area contributed by atoms with Gasteiger partial charge in [-0.2, -0.15) is 0 Å². The lowest BCUT2D eigenvalue weighted by atomic mass is 9.99. The average molecular weight is 584 g/mol. The molecule has 1 aliphatic carbocycles. The zero-order valence-electron chi connectivity index (χ0n) is 22.4. The second-order valence-electron chi connectivity index (χ2n) is 10.8. The number of likely N-dealkylation sites (tertiary alicyclic amines) is 1. The second-order valence-corrected chi connectivity index (χ2v) is 13.7. The molecular weight excluding hydrogens is 549 g/mol. The van der Waals surface area contributed by atoms with Crippen molar-refractivity contribution in [2.45, 2.75) is 55.3 Å². The van der Waals surface area contributed by atoms with Crippen LogP contribution in [-0.4, -0.2) is 70.7 Å². The number of aromatic amines is 1. The van der Waals surface area contributed by atoms with Gasteiger partial charge in [0.2, 0.25) is 0 Å². The Morgan fingerprint density at radius 2 is 1.90 bits per heavy atom. The molecule has 3 heterocycles. The summed E-state index contributed by atoms with van der Waals surface area (Å²) in [7, 11) is -5.60. The van der Waals surface area contributed by atoms with Crippen molar-refractivity contribution >= 4 is 40.4 Å². The van der Waals surface area contributed by atoms with Crippen molar-refractivity contribution in [3.8, 4) is 16.9 Å². The fourth-order valence-corrected chi connectivity index (χ4v) is 7.76. The van der Waals surface area contributed by atoms with Crippen molar-refractivity contribution in [1.82, 2.24) is 14.9 Å². The number of nitrogens with zero attached hydrogens (tertiary/aromatic N) is 2. The summed E-state index contributed by atoms with van der Waals surface area (Å²) in [6, 6.07) is 13.3. The van der Waals surface area contributed by atoms with Gasteiger partial charge in [-0.1, -0.05) is 12.1 Å². The van der Waals surface area contributed by atoms with E-state index in [1.54, 1.807) is 12.1 Å². The summed E-state index contributed by atoms with van der Waals surface area (Å²) < 4.78 is 37.4. The predicted octanol–water partition coefficient (Wildman–Crippen LogP) is 5.09. The molecule has 2 aliphatic rings. The molecule has 11 heteroatoms. The van der Waals surface area contributed by atoms with E-state index in [4.69, 9.17) is 19.0 Å². The van der Waals surface area contributed by atoms with E-state index >= 15 is 0 Å². The number of pyridine rings is 1. The number of sulfone groups is 1. The molecule has 0 unspecified atom stereocenters. The highest BCUT2D eigenvalue weighted by molar-refractivity contribution is 7.92. The van der Waals surface area contributed by atoms with Crippen molar-refractivity contribution in [1.29, 1.82) is 0 Å². The molecule has 3 N–H and O–H groups in total. The van der Waals surface area contributed by atoms with Crippen LogP contribution in [-0.2, 0) is 14.4 Å². The smallest absolute Gasteiger partial charge is 0.327 e. The number of hydrogen-bond acceptors (Lipinski definition) is 8. The molecular formula is C29H34N3O6PS. The molecule has 6 rings (SSSR count). The number of ether oxygens (including phenoxy) is 1. The van der Waals surface area contributed by atoms with E-state index in [9.17, 15) is 8.42 Å². The Bertz CT molecular complexity index is 1630. The number of hydrogen-bond donors (Lipinski definition) is 3. The van der Waals surface area contributed by atoms with Crippen molar-refractivity contribution in [2.24, 2.45) is 0 Å². The van der Waals surface area contributed by atoms with Crippen molar-refractivity contribution in [3.63, 3.8) is 0 Å². The third-order valence-corrected chi connectivity index (χ3v) is 10.5. The fourth-order valence-electron chi connectivity index (χ4n) is 5.58. The molecule has 1 saturated heterocycles. The van der Waals surface area contributed by atoms with Gasteiger partial charge in [0.25, 0.3) is 0 Å². The third-order valence-electron chi connectivity index (χ3n) is 7.80. The van der Waals surface area contributed by atoms with Crippen LogP contribution in [0.4, 0.5) is 0 Å². The molecule has 1 saturated carbocycles.